The van der Waals surface area contributed by atoms with Gasteiger partial charge < -0.3 is 9.53 Å². The van der Waals surface area contributed by atoms with E-state index in [2.05, 4.69) is 0 Å². The lowest BCUT2D eigenvalue weighted by Gasteiger charge is -2.13. The minimum Gasteiger partial charge on any atom is -0.494 e. The highest BCUT2D eigenvalue weighted by molar-refractivity contribution is 5.63. The molecule has 4 heteroatoms. The van der Waals surface area contributed by atoms with Crippen LogP contribution >= 0.6 is 0 Å². The summed E-state index contributed by atoms with van der Waals surface area (Å²) < 4.78 is 30.6. The SMILES string of the molecule is CCOc1ccc(C(F)F)c(C(C)C=O)c1. The van der Waals surface area contributed by atoms with E-state index in [1.165, 1.54) is 18.2 Å². The fraction of sp³-hybridized carbons (Fsp3) is 0.417. The predicted octanol–water partition coefficient (Wildman–Crippen LogP) is 3.33. The zero-order valence-electron chi connectivity index (χ0n) is 9.24. The van der Waals surface area contributed by atoms with Gasteiger partial charge in [-0.25, -0.2) is 8.78 Å². The van der Waals surface area contributed by atoms with E-state index in [0.29, 0.717) is 24.2 Å². The first-order chi connectivity index (χ1) is 7.60. The molecule has 0 amide bonds. The van der Waals surface area contributed by atoms with Gasteiger partial charge in [0.15, 0.2) is 0 Å². The van der Waals surface area contributed by atoms with Crippen molar-refractivity contribution < 1.29 is 18.3 Å². The third-order valence-corrected chi connectivity index (χ3v) is 2.30. The molecule has 0 saturated heterocycles. The number of benzene rings is 1. The molecule has 1 rings (SSSR count). The normalized spacial score (nSPS) is 12.6. The topological polar surface area (TPSA) is 26.3 Å². The molecule has 0 N–H and O–H groups in total. The van der Waals surface area contributed by atoms with Crippen LogP contribution in [0.2, 0.25) is 0 Å². The number of hydrogen-bond acceptors (Lipinski definition) is 2. The first kappa shape index (κ1) is 12.6. The van der Waals surface area contributed by atoms with Crippen LogP contribution < -0.4 is 4.74 Å². The minimum absolute atomic E-state index is 0.108. The maximum Gasteiger partial charge on any atom is 0.264 e. The van der Waals surface area contributed by atoms with Gasteiger partial charge >= 0.3 is 0 Å². The number of hydrogen-bond donors (Lipinski definition) is 0. The molecule has 1 unspecified atom stereocenters. The average molecular weight is 228 g/mol. The second-order valence-corrected chi connectivity index (χ2v) is 3.45. The van der Waals surface area contributed by atoms with Gasteiger partial charge in [0, 0.05) is 11.5 Å². The number of halogens is 2. The Labute approximate surface area is 93.2 Å². The minimum atomic E-state index is -2.58. The van der Waals surface area contributed by atoms with E-state index in [-0.39, 0.29) is 5.56 Å². The largest absolute Gasteiger partial charge is 0.494 e. The van der Waals surface area contributed by atoms with Crippen molar-refractivity contribution in [1.29, 1.82) is 0 Å². The molecule has 0 spiro atoms. The predicted molar refractivity (Wildman–Crippen MR) is 57.0 cm³/mol. The van der Waals surface area contributed by atoms with Gasteiger partial charge in [0.2, 0.25) is 0 Å². The second kappa shape index (κ2) is 5.58. The van der Waals surface area contributed by atoms with E-state index in [4.69, 9.17) is 4.74 Å². The number of aldehydes is 1. The lowest BCUT2D eigenvalue weighted by Crippen LogP contribution is -2.02. The van der Waals surface area contributed by atoms with Crippen molar-refractivity contribution in [2.75, 3.05) is 6.61 Å². The van der Waals surface area contributed by atoms with Crippen molar-refractivity contribution >= 4 is 6.29 Å². The molecule has 0 saturated carbocycles. The maximum atomic E-state index is 12.7. The van der Waals surface area contributed by atoms with E-state index in [1.807, 2.05) is 6.92 Å². The maximum absolute atomic E-state index is 12.7. The van der Waals surface area contributed by atoms with Crippen LogP contribution in [0.25, 0.3) is 0 Å². The molecule has 0 radical (unpaired) electrons. The fourth-order valence-corrected chi connectivity index (χ4v) is 1.48. The van der Waals surface area contributed by atoms with Crippen LogP contribution in [0.3, 0.4) is 0 Å². The van der Waals surface area contributed by atoms with E-state index in [1.54, 1.807) is 6.92 Å². The first-order valence-electron chi connectivity index (χ1n) is 5.10. The second-order valence-electron chi connectivity index (χ2n) is 3.45. The monoisotopic (exact) mass is 228 g/mol. The summed E-state index contributed by atoms with van der Waals surface area (Å²) in [4.78, 5) is 10.7. The molecule has 16 heavy (non-hydrogen) atoms. The fourth-order valence-electron chi connectivity index (χ4n) is 1.48. The first-order valence-corrected chi connectivity index (χ1v) is 5.10. The molecule has 0 aliphatic carbocycles. The summed E-state index contributed by atoms with van der Waals surface area (Å²) in [7, 11) is 0. The van der Waals surface area contributed by atoms with Crippen LogP contribution in [0, 0.1) is 0 Å². The number of carbonyl (C=O) groups excluding carboxylic acids is 1. The van der Waals surface area contributed by atoms with E-state index in [0.717, 1.165) is 0 Å². The molecule has 1 aromatic carbocycles. The average Bonchev–Trinajstić information content (AvgIpc) is 2.28. The van der Waals surface area contributed by atoms with Gasteiger partial charge in [-0.05, 0) is 30.7 Å². The summed E-state index contributed by atoms with van der Waals surface area (Å²) in [6, 6.07) is 4.31. The number of carbonyl (C=O) groups is 1. The zero-order chi connectivity index (χ0) is 12.1. The van der Waals surface area contributed by atoms with E-state index in [9.17, 15) is 13.6 Å². The lowest BCUT2D eigenvalue weighted by atomic mass is 9.96. The molecular weight excluding hydrogens is 214 g/mol. The van der Waals surface area contributed by atoms with Gasteiger partial charge in [-0.15, -0.1) is 0 Å². The Morgan fingerprint density at radius 3 is 2.56 bits per heavy atom. The number of alkyl halides is 2. The molecular formula is C12H14F2O2. The molecule has 1 atom stereocenters. The number of ether oxygens (including phenoxy) is 1. The molecule has 88 valence electrons. The van der Waals surface area contributed by atoms with Gasteiger partial charge in [-0.1, -0.05) is 6.92 Å². The summed E-state index contributed by atoms with van der Waals surface area (Å²) in [5.74, 6) is -0.0417. The van der Waals surface area contributed by atoms with Crippen LogP contribution in [0.5, 0.6) is 5.75 Å². The zero-order valence-corrected chi connectivity index (χ0v) is 9.24. The molecule has 0 aliphatic rings. The van der Waals surface area contributed by atoms with Crippen LogP contribution in [0.4, 0.5) is 8.78 Å². The molecule has 0 heterocycles. The Hall–Kier alpha value is -1.45. The Kier molecular flexibility index (Phi) is 4.40. The summed E-state index contributed by atoms with van der Waals surface area (Å²) in [6.07, 6.45) is -1.93. The molecule has 1 aromatic rings. The highest BCUT2D eigenvalue weighted by Crippen LogP contribution is 2.30. The van der Waals surface area contributed by atoms with Crippen molar-refractivity contribution in [2.24, 2.45) is 0 Å². The van der Waals surface area contributed by atoms with E-state index >= 15 is 0 Å². The number of rotatable bonds is 5. The quantitative estimate of drug-likeness (QED) is 0.722. The summed E-state index contributed by atoms with van der Waals surface area (Å²) in [6.45, 7) is 3.86. The van der Waals surface area contributed by atoms with Crippen LogP contribution in [-0.2, 0) is 4.79 Å². The molecule has 0 fully saturated rings. The lowest BCUT2D eigenvalue weighted by molar-refractivity contribution is -0.108. The van der Waals surface area contributed by atoms with Gasteiger partial charge in [0.05, 0.1) is 6.61 Å². The van der Waals surface area contributed by atoms with Gasteiger partial charge in [0.25, 0.3) is 6.43 Å². The smallest absolute Gasteiger partial charge is 0.264 e. The van der Waals surface area contributed by atoms with Crippen molar-refractivity contribution in [3.05, 3.63) is 29.3 Å². The van der Waals surface area contributed by atoms with Crippen LogP contribution in [-0.4, -0.2) is 12.9 Å². The Morgan fingerprint density at radius 1 is 1.38 bits per heavy atom. The van der Waals surface area contributed by atoms with Crippen LogP contribution in [0.1, 0.15) is 37.3 Å². The van der Waals surface area contributed by atoms with Gasteiger partial charge in [-0.3, -0.25) is 0 Å². The molecule has 0 aliphatic heterocycles. The van der Waals surface area contributed by atoms with Crippen molar-refractivity contribution in [3.8, 4) is 5.75 Å². The third-order valence-electron chi connectivity index (χ3n) is 2.30. The Morgan fingerprint density at radius 2 is 2.06 bits per heavy atom. The van der Waals surface area contributed by atoms with Gasteiger partial charge in [0.1, 0.15) is 12.0 Å². The van der Waals surface area contributed by atoms with Crippen molar-refractivity contribution in [1.82, 2.24) is 0 Å². The summed E-state index contributed by atoms with van der Waals surface area (Å²) >= 11 is 0. The van der Waals surface area contributed by atoms with E-state index < -0.39 is 12.3 Å². The third kappa shape index (κ3) is 2.78. The Balaban J connectivity index is 3.15. The molecule has 0 aromatic heterocycles. The summed E-state index contributed by atoms with van der Waals surface area (Å²) in [5, 5.41) is 0. The van der Waals surface area contributed by atoms with Crippen molar-refractivity contribution in [2.45, 2.75) is 26.2 Å². The Bertz CT molecular complexity index is 364. The summed E-state index contributed by atoms with van der Waals surface area (Å²) in [5.41, 5.74) is 0.221. The van der Waals surface area contributed by atoms with Gasteiger partial charge in [-0.2, -0.15) is 0 Å². The van der Waals surface area contributed by atoms with Crippen molar-refractivity contribution in [3.63, 3.8) is 0 Å². The highest BCUT2D eigenvalue weighted by atomic mass is 19.3. The highest BCUT2D eigenvalue weighted by Gasteiger charge is 2.17. The molecule has 2 nitrogen and oxygen atoms in total. The standard InChI is InChI=1S/C12H14F2O2/c1-3-16-9-4-5-10(12(13)14)11(6-9)8(2)7-15/h4-8,12H,3H2,1-2H3. The van der Waals surface area contributed by atoms with Crippen LogP contribution in [0.15, 0.2) is 18.2 Å². The molecule has 0 bridgehead atoms.